The molecule has 1 aliphatic carbocycles. The van der Waals surface area contributed by atoms with Crippen LogP contribution in [0, 0.1) is 19.3 Å². The molecule has 0 unspecified atom stereocenters. The highest BCUT2D eigenvalue weighted by atomic mass is 32.1. The summed E-state index contributed by atoms with van der Waals surface area (Å²) in [5.41, 5.74) is 2.69. The molecule has 0 radical (unpaired) electrons. The molecule has 20 heavy (non-hydrogen) atoms. The summed E-state index contributed by atoms with van der Waals surface area (Å²) < 4.78 is 0. The summed E-state index contributed by atoms with van der Waals surface area (Å²) in [4.78, 5) is 23.7. The first-order valence-corrected chi connectivity index (χ1v) is 7.64. The first-order valence-electron chi connectivity index (χ1n) is 6.82. The van der Waals surface area contributed by atoms with Gasteiger partial charge in [0, 0.05) is 27.9 Å². The van der Waals surface area contributed by atoms with Crippen molar-refractivity contribution >= 4 is 17.1 Å². The van der Waals surface area contributed by atoms with Crippen LogP contribution >= 0.6 is 11.3 Å². The van der Waals surface area contributed by atoms with E-state index in [-0.39, 0.29) is 11.2 Å². The van der Waals surface area contributed by atoms with Crippen LogP contribution in [-0.2, 0) is 6.42 Å². The molecule has 2 aromatic rings. The molecule has 0 bridgehead atoms. The lowest BCUT2D eigenvalue weighted by Crippen LogP contribution is -2.28. The molecule has 0 saturated heterocycles. The number of thiophene rings is 1. The third-order valence-electron chi connectivity index (χ3n) is 3.74. The average Bonchev–Trinajstić information content (AvgIpc) is 2.66. The Bertz CT molecular complexity index is 700. The van der Waals surface area contributed by atoms with Crippen LogP contribution in [0.15, 0.2) is 12.3 Å². The maximum absolute atomic E-state index is 12.1. The quantitative estimate of drug-likeness (QED) is 0.796. The molecule has 104 valence electrons. The molecular weight excluding hydrogens is 268 g/mol. The molecule has 0 amide bonds. The monoisotopic (exact) mass is 286 g/mol. The smallest absolute Gasteiger partial charge is 0.166 e. The van der Waals surface area contributed by atoms with Crippen molar-refractivity contribution in [2.45, 2.75) is 40.5 Å². The topological polar surface area (TPSA) is 42.9 Å². The number of fused-ring (bicyclic) bond motifs is 1. The summed E-state index contributed by atoms with van der Waals surface area (Å²) in [5.74, 6) is 0.914. The summed E-state index contributed by atoms with van der Waals surface area (Å²) in [6.45, 7) is 8.42. The van der Waals surface area contributed by atoms with E-state index in [4.69, 9.17) is 0 Å². The number of hydrogen-bond donors (Lipinski definition) is 0. The molecule has 1 aliphatic rings. The average molecular weight is 286 g/mol. The Morgan fingerprint density at radius 2 is 1.95 bits per heavy atom. The summed E-state index contributed by atoms with van der Waals surface area (Å²) >= 11 is 1.75. The highest BCUT2D eigenvalue weighted by molar-refractivity contribution is 7.12. The lowest BCUT2D eigenvalue weighted by Gasteiger charge is -2.29. The van der Waals surface area contributed by atoms with Gasteiger partial charge in [0.15, 0.2) is 11.6 Å². The van der Waals surface area contributed by atoms with Gasteiger partial charge in [-0.25, -0.2) is 9.97 Å². The molecule has 3 nitrogen and oxygen atoms in total. The van der Waals surface area contributed by atoms with Gasteiger partial charge < -0.3 is 0 Å². The van der Waals surface area contributed by atoms with Crippen LogP contribution in [0.25, 0.3) is 11.4 Å². The van der Waals surface area contributed by atoms with Gasteiger partial charge in [-0.05, 0) is 31.7 Å². The first-order chi connectivity index (χ1) is 9.35. The van der Waals surface area contributed by atoms with Crippen molar-refractivity contribution in [1.82, 2.24) is 9.97 Å². The van der Waals surface area contributed by atoms with Crippen molar-refractivity contribution in [1.29, 1.82) is 0 Å². The van der Waals surface area contributed by atoms with Gasteiger partial charge in [0.25, 0.3) is 0 Å². The van der Waals surface area contributed by atoms with Crippen LogP contribution in [0.4, 0.5) is 0 Å². The number of carbonyl (C=O) groups excluding carboxylic acids is 1. The molecule has 0 aromatic carbocycles. The fourth-order valence-electron chi connectivity index (χ4n) is 2.81. The fourth-order valence-corrected chi connectivity index (χ4v) is 3.73. The van der Waals surface area contributed by atoms with Crippen molar-refractivity contribution in [2.75, 3.05) is 0 Å². The highest BCUT2D eigenvalue weighted by Gasteiger charge is 2.32. The summed E-state index contributed by atoms with van der Waals surface area (Å²) in [5, 5.41) is 0. The fraction of sp³-hybridized carbons (Fsp3) is 0.438. The third kappa shape index (κ3) is 2.29. The zero-order valence-corrected chi connectivity index (χ0v) is 13.1. The molecule has 0 spiro atoms. The first kappa shape index (κ1) is 13.4. The number of Topliss-reactive ketones (excluding diaryl/α,β-unsaturated/α-hetero) is 1. The summed E-state index contributed by atoms with van der Waals surface area (Å²) in [7, 11) is 0. The zero-order chi connectivity index (χ0) is 14.5. The Kier molecular flexibility index (Phi) is 3.01. The molecular formula is C16H18N2OS. The number of aromatic nitrogens is 2. The lowest BCUT2D eigenvalue weighted by molar-refractivity contribution is 0.0910. The van der Waals surface area contributed by atoms with Gasteiger partial charge in [0.05, 0.1) is 11.3 Å². The second kappa shape index (κ2) is 4.48. The van der Waals surface area contributed by atoms with Gasteiger partial charge in [-0.1, -0.05) is 13.8 Å². The van der Waals surface area contributed by atoms with Gasteiger partial charge in [-0.15, -0.1) is 11.3 Å². The number of rotatable bonds is 1. The van der Waals surface area contributed by atoms with Crippen molar-refractivity contribution in [3.8, 4) is 11.4 Å². The number of aryl methyl sites for hydroxylation is 2. The minimum absolute atomic E-state index is 0.00465. The Morgan fingerprint density at radius 3 is 2.60 bits per heavy atom. The molecule has 0 aliphatic heterocycles. The predicted octanol–water partition coefficient (Wildman–Crippen LogP) is 3.98. The Labute approximate surface area is 123 Å². The molecule has 2 aromatic heterocycles. The lowest BCUT2D eigenvalue weighted by atomic mass is 9.76. The van der Waals surface area contributed by atoms with Gasteiger partial charge in [-0.2, -0.15) is 0 Å². The maximum atomic E-state index is 12.1. The Balaban J connectivity index is 2.10. The van der Waals surface area contributed by atoms with E-state index in [0.717, 1.165) is 23.5 Å². The predicted molar refractivity (Wildman–Crippen MR) is 81.3 cm³/mol. The molecule has 4 heteroatoms. The number of nitrogens with zero attached hydrogens (tertiary/aromatic N) is 2. The summed E-state index contributed by atoms with van der Waals surface area (Å²) in [6.07, 6.45) is 3.13. The SMILES string of the molecule is Cc1cc(-c2ncc3c(n2)CC(C)(C)CC3=O)c(C)s1. The highest BCUT2D eigenvalue weighted by Crippen LogP contribution is 2.35. The second-order valence-corrected chi connectivity index (χ2v) is 7.78. The molecule has 0 atom stereocenters. The van der Waals surface area contributed by atoms with Crippen molar-refractivity contribution in [3.05, 3.63) is 33.3 Å². The third-order valence-corrected chi connectivity index (χ3v) is 4.70. The Hall–Kier alpha value is -1.55. The van der Waals surface area contributed by atoms with Crippen LogP contribution in [-0.4, -0.2) is 15.8 Å². The van der Waals surface area contributed by atoms with Gasteiger partial charge in [-0.3, -0.25) is 4.79 Å². The van der Waals surface area contributed by atoms with E-state index in [1.165, 1.54) is 9.75 Å². The minimum Gasteiger partial charge on any atom is -0.294 e. The second-order valence-electron chi connectivity index (χ2n) is 6.32. The van der Waals surface area contributed by atoms with Crippen LogP contribution in [0.3, 0.4) is 0 Å². The van der Waals surface area contributed by atoms with E-state index in [1.807, 2.05) is 0 Å². The number of ketones is 1. The maximum Gasteiger partial charge on any atom is 0.166 e. The van der Waals surface area contributed by atoms with E-state index in [0.29, 0.717) is 12.0 Å². The van der Waals surface area contributed by atoms with Crippen LogP contribution < -0.4 is 0 Å². The van der Waals surface area contributed by atoms with Crippen LogP contribution in [0.5, 0.6) is 0 Å². The van der Waals surface area contributed by atoms with Gasteiger partial charge in [0.1, 0.15) is 0 Å². The number of hydrogen-bond acceptors (Lipinski definition) is 4. The van der Waals surface area contributed by atoms with E-state index < -0.39 is 0 Å². The molecule has 0 N–H and O–H groups in total. The van der Waals surface area contributed by atoms with Crippen molar-refractivity contribution in [3.63, 3.8) is 0 Å². The van der Waals surface area contributed by atoms with Crippen molar-refractivity contribution in [2.24, 2.45) is 5.41 Å². The van der Waals surface area contributed by atoms with E-state index >= 15 is 0 Å². The van der Waals surface area contributed by atoms with E-state index in [1.54, 1.807) is 17.5 Å². The van der Waals surface area contributed by atoms with Gasteiger partial charge >= 0.3 is 0 Å². The van der Waals surface area contributed by atoms with E-state index in [9.17, 15) is 4.79 Å². The van der Waals surface area contributed by atoms with E-state index in [2.05, 4.69) is 43.7 Å². The van der Waals surface area contributed by atoms with Crippen molar-refractivity contribution < 1.29 is 4.79 Å². The van der Waals surface area contributed by atoms with Crippen LogP contribution in [0.2, 0.25) is 0 Å². The molecule has 0 saturated carbocycles. The normalized spacial score (nSPS) is 17.1. The standard InChI is InChI=1S/C16H18N2OS/c1-9-5-11(10(2)20-9)15-17-8-12-13(18-15)6-16(3,4)7-14(12)19/h5,8H,6-7H2,1-4H3. The molecule has 3 rings (SSSR count). The minimum atomic E-state index is -0.00465. The molecule has 0 fully saturated rings. The van der Waals surface area contributed by atoms with Crippen LogP contribution in [0.1, 0.15) is 46.1 Å². The molecule has 2 heterocycles. The Morgan fingerprint density at radius 1 is 1.20 bits per heavy atom. The number of carbonyl (C=O) groups is 1. The van der Waals surface area contributed by atoms with Gasteiger partial charge in [0.2, 0.25) is 0 Å². The zero-order valence-electron chi connectivity index (χ0n) is 12.3. The largest absolute Gasteiger partial charge is 0.294 e. The summed E-state index contributed by atoms with van der Waals surface area (Å²) in [6, 6.07) is 2.12.